The van der Waals surface area contributed by atoms with Crippen LogP contribution in [0.4, 0.5) is 0 Å². The van der Waals surface area contributed by atoms with E-state index < -0.39 is 0 Å². The Morgan fingerprint density at radius 1 is 1.18 bits per heavy atom. The minimum atomic E-state index is 0.619. The first-order valence-corrected chi connectivity index (χ1v) is 4.97. The Hall–Kier alpha value is -0.0400. The second kappa shape index (κ2) is 4.10. The predicted molar refractivity (Wildman–Crippen MR) is 49.7 cm³/mol. The molecule has 0 amide bonds. The van der Waals surface area contributed by atoms with Crippen molar-refractivity contribution in [1.29, 1.82) is 0 Å². The van der Waals surface area contributed by atoms with E-state index in [1.807, 2.05) is 0 Å². The van der Waals surface area contributed by atoms with Crippen molar-refractivity contribution in [3.05, 3.63) is 0 Å². The Morgan fingerprint density at radius 2 is 1.82 bits per heavy atom. The van der Waals surface area contributed by atoms with Gasteiger partial charge in [-0.2, -0.15) is 0 Å². The summed E-state index contributed by atoms with van der Waals surface area (Å²) in [5.41, 5.74) is 0.619. The SMILES string of the molecule is CCNCC1(C)CCCCC1. The van der Waals surface area contributed by atoms with Gasteiger partial charge < -0.3 is 5.32 Å². The van der Waals surface area contributed by atoms with Gasteiger partial charge in [0.2, 0.25) is 0 Å². The maximum atomic E-state index is 3.46. The molecular formula is C10H21N. The van der Waals surface area contributed by atoms with E-state index in [-0.39, 0.29) is 0 Å². The molecule has 1 nitrogen and oxygen atoms in total. The molecule has 1 N–H and O–H groups in total. The molecule has 1 aliphatic rings. The summed E-state index contributed by atoms with van der Waals surface area (Å²) in [7, 11) is 0. The first-order valence-electron chi connectivity index (χ1n) is 4.97. The smallest absolute Gasteiger partial charge is 0.000504 e. The lowest BCUT2D eigenvalue weighted by Gasteiger charge is -2.33. The zero-order chi connectivity index (χ0) is 8.16. The average Bonchev–Trinajstić information content (AvgIpc) is 2.03. The van der Waals surface area contributed by atoms with E-state index >= 15 is 0 Å². The second-order valence-electron chi connectivity index (χ2n) is 4.15. The van der Waals surface area contributed by atoms with Crippen LogP contribution in [0.2, 0.25) is 0 Å². The molecule has 0 atom stereocenters. The molecule has 0 unspecified atom stereocenters. The van der Waals surface area contributed by atoms with Gasteiger partial charge in [-0.3, -0.25) is 0 Å². The van der Waals surface area contributed by atoms with Crippen LogP contribution in [0.3, 0.4) is 0 Å². The minimum Gasteiger partial charge on any atom is -0.316 e. The average molecular weight is 155 g/mol. The Bertz CT molecular complexity index is 103. The number of hydrogen-bond acceptors (Lipinski definition) is 1. The van der Waals surface area contributed by atoms with Gasteiger partial charge in [0, 0.05) is 6.54 Å². The van der Waals surface area contributed by atoms with E-state index in [9.17, 15) is 0 Å². The summed E-state index contributed by atoms with van der Waals surface area (Å²) in [4.78, 5) is 0. The zero-order valence-electron chi connectivity index (χ0n) is 7.95. The molecule has 1 fully saturated rings. The summed E-state index contributed by atoms with van der Waals surface area (Å²) in [6, 6.07) is 0. The van der Waals surface area contributed by atoms with Gasteiger partial charge in [-0.25, -0.2) is 0 Å². The van der Waals surface area contributed by atoms with Crippen molar-refractivity contribution in [3.63, 3.8) is 0 Å². The van der Waals surface area contributed by atoms with Crippen molar-refractivity contribution in [1.82, 2.24) is 5.32 Å². The van der Waals surface area contributed by atoms with Gasteiger partial charge in [0.1, 0.15) is 0 Å². The van der Waals surface area contributed by atoms with Crippen molar-refractivity contribution < 1.29 is 0 Å². The number of rotatable bonds is 3. The van der Waals surface area contributed by atoms with Crippen LogP contribution in [-0.4, -0.2) is 13.1 Å². The molecule has 0 saturated heterocycles. The fourth-order valence-corrected chi connectivity index (χ4v) is 2.01. The molecule has 0 aromatic carbocycles. The van der Waals surface area contributed by atoms with Crippen LogP contribution in [0.1, 0.15) is 46.0 Å². The van der Waals surface area contributed by atoms with E-state index in [0.717, 1.165) is 6.54 Å². The molecule has 1 rings (SSSR count). The van der Waals surface area contributed by atoms with Crippen LogP contribution in [-0.2, 0) is 0 Å². The van der Waals surface area contributed by atoms with Gasteiger partial charge in [0.05, 0.1) is 0 Å². The Morgan fingerprint density at radius 3 is 2.36 bits per heavy atom. The highest BCUT2D eigenvalue weighted by Gasteiger charge is 2.25. The van der Waals surface area contributed by atoms with Crippen LogP contribution in [0.15, 0.2) is 0 Å². The molecular weight excluding hydrogens is 134 g/mol. The van der Waals surface area contributed by atoms with Crippen molar-refractivity contribution >= 4 is 0 Å². The standard InChI is InChI=1S/C10H21N/c1-3-11-9-10(2)7-5-4-6-8-10/h11H,3-9H2,1-2H3. The first-order chi connectivity index (χ1) is 5.27. The van der Waals surface area contributed by atoms with E-state index in [1.165, 1.54) is 38.6 Å². The fourth-order valence-electron chi connectivity index (χ4n) is 2.01. The van der Waals surface area contributed by atoms with Gasteiger partial charge >= 0.3 is 0 Å². The molecule has 0 aliphatic heterocycles. The van der Waals surface area contributed by atoms with Gasteiger partial charge in [0.25, 0.3) is 0 Å². The topological polar surface area (TPSA) is 12.0 Å². The maximum Gasteiger partial charge on any atom is 0.000504 e. The summed E-state index contributed by atoms with van der Waals surface area (Å²) in [6.45, 7) is 6.96. The largest absolute Gasteiger partial charge is 0.316 e. The molecule has 0 aromatic heterocycles. The summed E-state index contributed by atoms with van der Waals surface area (Å²) >= 11 is 0. The van der Waals surface area contributed by atoms with Crippen LogP contribution >= 0.6 is 0 Å². The first kappa shape index (κ1) is 9.05. The van der Waals surface area contributed by atoms with Crippen LogP contribution in [0.5, 0.6) is 0 Å². The van der Waals surface area contributed by atoms with Crippen molar-refractivity contribution in [2.45, 2.75) is 46.0 Å². The summed E-state index contributed by atoms with van der Waals surface area (Å²) < 4.78 is 0. The normalized spacial score (nSPS) is 23.5. The highest BCUT2D eigenvalue weighted by atomic mass is 14.9. The third kappa shape index (κ3) is 2.82. The van der Waals surface area contributed by atoms with E-state index in [0.29, 0.717) is 5.41 Å². The molecule has 0 heterocycles. The Balaban J connectivity index is 2.25. The van der Waals surface area contributed by atoms with Gasteiger partial charge in [-0.15, -0.1) is 0 Å². The predicted octanol–water partition coefficient (Wildman–Crippen LogP) is 2.57. The lowest BCUT2D eigenvalue weighted by Crippen LogP contribution is -2.33. The lowest BCUT2D eigenvalue weighted by molar-refractivity contribution is 0.209. The molecule has 1 aliphatic carbocycles. The highest BCUT2D eigenvalue weighted by Crippen LogP contribution is 2.34. The molecule has 1 heteroatoms. The monoisotopic (exact) mass is 155 g/mol. The molecule has 66 valence electrons. The second-order valence-corrected chi connectivity index (χ2v) is 4.15. The number of nitrogens with one attached hydrogen (secondary N) is 1. The van der Waals surface area contributed by atoms with Gasteiger partial charge in [-0.05, 0) is 24.8 Å². The van der Waals surface area contributed by atoms with Crippen molar-refractivity contribution in [3.8, 4) is 0 Å². The van der Waals surface area contributed by atoms with Crippen LogP contribution in [0.25, 0.3) is 0 Å². The van der Waals surface area contributed by atoms with E-state index in [4.69, 9.17) is 0 Å². The molecule has 0 spiro atoms. The molecule has 1 saturated carbocycles. The lowest BCUT2D eigenvalue weighted by atomic mass is 9.76. The van der Waals surface area contributed by atoms with Crippen LogP contribution in [0, 0.1) is 5.41 Å². The van der Waals surface area contributed by atoms with Crippen molar-refractivity contribution in [2.75, 3.05) is 13.1 Å². The Labute approximate surface area is 70.6 Å². The third-order valence-corrected chi connectivity index (χ3v) is 2.86. The van der Waals surface area contributed by atoms with Crippen molar-refractivity contribution in [2.24, 2.45) is 5.41 Å². The number of hydrogen-bond donors (Lipinski definition) is 1. The molecule has 0 bridgehead atoms. The summed E-state index contributed by atoms with van der Waals surface area (Å²) in [6.07, 6.45) is 7.21. The van der Waals surface area contributed by atoms with Crippen LogP contribution < -0.4 is 5.32 Å². The van der Waals surface area contributed by atoms with Gasteiger partial charge in [-0.1, -0.05) is 33.1 Å². The molecule has 0 aromatic rings. The zero-order valence-corrected chi connectivity index (χ0v) is 7.95. The molecule has 11 heavy (non-hydrogen) atoms. The van der Waals surface area contributed by atoms with E-state index in [1.54, 1.807) is 0 Å². The Kier molecular flexibility index (Phi) is 3.38. The molecule has 0 radical (unpaired) electrons. The third-order valence-electron chi connectivity index (χ3n) is 2.86. The summed E-state index contributed by atoms with van der Waals surface area (Å²) in [5, 5.41) is 3.46. The summed E-state index contributed by atoms with van der Waals surface area (Å²) in [5.74, 6) is 0. The fraction of sp³-hybridized carbons (Fsp3) is 1.00. The minimum absolute atomic E-state index is 0.619. The van der Waals surface area contributed by atoms with E-state index in [2.05, 4.69) is 19.2 Å². The highest BCUT2D eigenvalue weighted by molar-refractivity contribution is 4.80. The van der Waals surface area contributed by atoms with Gasteiger partial charge in [0.15, 0.2) is 0 Å². The maximum absolute atomic E-state index is 3.46. The quantitative estimate of drug-likeness (QED) is 0.660.